The van der Waals surface area contributed by atoms with E-state index in [1.54, 1.807) is 17.6 Å². The van der Waals surface area contributed by atoms with Crippen molar-refractivity contribution in [3.63, 3.8) is 0 Å². The molecule has 0 saturated carbocycles. The summed E-state index contributed by atoms with van der Waals surface area (Å²) >= 11 is 3.16. The van der Waals surface area contributed by atoms with Gasteiger partial charge in [0.05, 0.1) is 6.54 Å². The van der Waals surface area contributed by atoms with Crippen molar-refractivity contribution < 1.29 is 4.52 Å². The van der Waals surface area contributed by atoms with Gasteiger partial charge in [0, 0.05) is 12.3 Å². The molecule has 0 unspecified atom stereocenters. The first kappa shape index (κ1) is 11.1. The summed E-state index contributed by atoms with van der Waals surface area (Å²) in [7, 11) is 0. The molecule has 5 nitrogen and oxygen atoms in total. The van der Waals surface area contributed by atoms with Gasteiger partial charge in [0.1, 0.15) is 21.8 Å². The van der Waals surface area contributed by atoms with Crippen molar-refractivity contribution in [1.29, 1.82) is 0 Å². The highest BCUT2D eigenvalue weighted by Crippen LogP contribution is 2.06. The molecule has 0 aliphatic heterocycles. The maximum atomic E-state index is 11.8. The van der Waals surface area contributed by atoms with Crippen LogP contribution >= 0.6 is 15.9 Å². The molecule has 84 valence electrons. The van der Waals surface area contributed by atoms with Crippen molar-refractivity contribution in [2.24, 2.45) is 0 Å². The quantitative estimate of drug-likeness (QED) is 0.841. The van der Waals surface area contributed by atoms with Gasteiger partial charge in [0.2, 0.25) is 0 Å². The minimum absolute atomic E-state index is 0.117. The van der Waals surface area contributed by atoms with Gasteiger partial charge in [-0.3, -0.25) is 9.36 Å². The number of nitrogens with zero attached hydrogens (tertiary/aromatic N) is 3. The van der Waals surface area contributed by atoms with Gasteiger partial charge in [-0.25, -0.2) is 4.98 Å². The Labute approximate surface area is 100 Å². The number of halogens is 1. The van der Waals surface area contributed by atoms with Gasteiger partial charge in [-0.1, -0.05) is 5.16 Å². The highest BCUT2D eigenvalue weighted by atomic mass is 79.9. The van der Waals surface area contributed by atoms with Gasteiger partial charge < -0.3 is 4.52 Å². The number of hydrogen-bond donors (Lipinski definition) is 0. The van der Waals surface area contributed by atoms with E-state index < -0.39 is 0 Å². The Kier molecular flexibility index (Phi) is 2.91. The summed E-state index contributed by atoms with van der Waals surface area (Å²) in [5, 5.41) is 3.85. The van der Waals surface area contributed by atoms with Gasteiger partial charge >= 0.3 is 0 Å². The minimum atomic E-state index is -0.117. The molecule has 0 aliphatic carbocycles. The first-order chi connectivity index (χ1) is 7.58. The highest BCUT2D eigenvalue weighted by Gasteiger charge is 2.08. The second-order valence-corrected chi connectivity index (χ2v) is 4.33. The zero-order valence-electron chi connectivity index (χ0n) is 8.90. The standard InChI is InChI=1S/C10H10BrN3O2/c1-6-3-8(13-16-6)5-14-7(2)12-4-9(11)10(14)15/h3-4H,5H2,1-2H3. The second kappa shape index (κ2) is 4.21. The summed E-state index contributed by atoms with van der Waals surface area (Å²) in [5.41, 5.74) is 0.593. The molecule has 0 aliphatic rings. The maximum absolute atomic E-state index is 11.8. The van der Waals surface area contributed by atoms with E-state index in [1.165, 1.54) is 6.20 Å². The van der Waals surface area contributed by atoms with Crippen LogP contribution < -0.4 is 5.56 Å². The van der Waals surface area contributed by atoms with Gasteiger partial charge in [0.15, 0.2) is 0 Å². The third kappa shape index (κ3) is 2.06. The molecule has 0 atom stereocenters. The fraction of sp³-hybridized carbons (Fsp3) is 0.300. The Morgan fingerprint density at radius 1 is 1.50 bits per heavy atom. The molecule has 0 aromatic carbocycles. The van der Waals surface area contributed by atoms with Crippen LogP contribution in [0.5, 0.6) is 0 Å². The molecular formula is C10H10BrN3O2. The SMILES string of the molecule is Cc1cc(Cn2c(C)ncc(Br)c2=O)no1. The van der Waals surface area contributed by atoms with Crippen molar-refractivity contribution in [2.75, 3.05) is 0 Å². The minimum Gasteiger partial charge on any atom is -0.361 e. The Balaban J connectivity index is 2.42. The molecule has 0 N–H and O–H groups in total. The zero-order chi connectivity index (χ0) is 11.7. The van der Waals surface area contributed by atoms with E-state index in [0.717, 1.165) is 5.76 Å². The molecule has 0 spiro atoms. The summed E-state index contributed by atoms with van der Waals surface area (Å²) in [4.78, 5) is 15.9. The van der Waals surface area contributed by atoms with E-state index >= 15 is 0 Å². The van der Waals surface area contributed by atoms with Crippen LogP contribution in [0.4, 0.5) is 0 Å². The fourth-order valence-electron chi connectivity index (χ4n) is 1.39. The Hall–Kier alpha value is -1.43. The van der Waals surface area contributed by atoms with Crippen LogP contribution in [0.1, 0.15) is 17.3 Å². The summed E-state index contributed by atoms with van der Waals surface area (Å²) in [6, 6.07) is 1.80. The topological polar surface area (TPSA) is 60.9 Å². The maximum Gasteiger partial charge on any atom is 0.268 e. The largest absolute Gasteiger partial charge is 0.361 e. The predicted molar refractivity (Wildman–Crippen MR) is 61.3 cm³/mol. The average Bonchev–Trinajstić information content (AvgIpc) is 2.65. The smallest absolute Gasteiger partial charge is 0.268 e. The zero-order valence-corrected chi connectivity index (χ0v) is 10.5. The molecule has 16 heavy (non-hydrogen) atoms. The first-order valence-electron chi connectivity index (χ1n) is 4.72. The molecule has 0 radical (unpaired) electrons. The summed E-state index contributed by atoms with van der Waals surface area (Å²) in [6.45, 7) is 3.96. The Morgan fingerprint density at radius 3 is 2.88 bits per heavy atom. The number of rotatable bonds is 2. The number of aryl methyl sites for hydroxylation is 2. The molecule has 0 amide bonds. The van der Waals surface area contributed by atoms with Crippen LogP contribution in [-0.2, 0) is 6.54 Å². The fourth-order valence-corrected chi connectivity index (χ4v) is 1.71. The van der Waals surface area contributed by atoms with Crippen molar-refractivity contribution in [3.05, 3.63) is 44.4 Å². The predicted octanol–water partition coefficient (Wildman–Crippen LogP) is 1.66. The lowest BCUT2D eigenvalue weighted by Gasteiger charge is -2.06. The van der Waals surface area contributed by atoms with Crippen LogP contribution in [0.2, 0.25) is 0 Å². The van der Waals surface area contributed by atoms with Crippen molar-refractivity contribution in [1.82, 2.24) is 14.7 Å². The lowest BCUT2D eigenvalue weighted by Crippen LogP contribution is -2.24. The normalized spacial score (nSPS) is 10.7. The molecule has 2 aromatic rings. The van der Waals surface area contributed by atoms with E-state index in [2.05, 4.69) is 26.1 Å². The number of hydrogen-bond acceptors (Lipinski definition) is 4. The highest BCUT2D eigenvalue weighted by molar-refractivity contribution is 9.10. The first-order valence-corrected chi connectivity index (χ1v) is 5.51. The molecule has 2 heterocycles. The van der Waals surface area contributed by atoms with Crippen LogP contribution in [0.25, 0.3) is 0 Å². The molecule has 0 fully saturated rings. The Morgan fingerprint density at radius 2 is 2.25 bits per heavy atom. The van der Waals surface area contributed by atoms with E-state index in [1.807, 2.05) is 6.92 Å². The third-order valence-electron chi connectivity index (χ3n) is 2.20. The summed E-state index contributed by atoms with van der Waals surface area (Å²) in [6.07, 6.45) is 1.50. The lowest BCUT2D eigenvalue weighted by atomic mass is 10.3. The van der Waals surface area contributed by atoms with Crippen molar-refractivity contribution in [3.8, 4) is 0 Å². The molecule has 0 saturated heterocycles. The summed E-state index contributed by atoms with van der Waals surface area (Å²) in [5.74, 6) is 1.37. The average molecular weight is 284 g/mol. The van der Waals surface area contributed by atoms with Crippen LogP contribution in [-0.4, -0.2) is 14.7 Å². The van der Waals surface area contributed by atoms with E-state index in [-0.39, 0.29) is 5.56 Å². The Bertz CT molecular complexity index is 574. The van der Waals surface area contributed by atoms with Gasteiger partial charge in [0.25, 0.3) is 5.56 Å². The van der Waals surface area contributed by atoms with E-state index in [9.17, 15) is 4.79 Å². The molecular weight excluding hydrogens is 274 g/mol. The van der Waals surface area contributed by atoms with Gasteiger partial charge in [-0.15, -0.1) is 0 Å². The van der Waals surface area contributed by atoms with Crippen molar-refractivity contribution >= 4 is 15.9 Å². The number of aromatic nitrogens is 3. The molecule has 0 bridgehead atoms. The molecule has 2 rings (SSSR count). The molecule has 2 aromatic heterocycles. The second-order valence-electron chi connectivity index (χ2n) is 3.47. The van der Waals surface area contributed by atoms with Crippen LogP contribution in [0.15, 0.2) is 26.1 Å². The lowest BCUT2D eigenvalue weighted by molar-refractivity contribution is 0.388. The summed E-state index contributed by atoms with van der Waals surface area (Å²) < 4.78 is 6.94. The van der Waals surface area contributed by atoms with E-state index in [4.69, 9.17) is 4.52 Å². The monoisotopic (exact) mass is 283 g/mol. The van der Waals surface area contributed by atoms with Gasteiger partial charge in [-0.2, -0.15) is 0 Å². The molecule has 6 heteroatoms. The van der Waals surface area contributed by atoms with Crippen molar-refractivity contribution in [2.45, 2.75) is 20.4 Å². The van der Waals surface area contributed by atoms with Crippen LogP contribution in [0.3, 0.4) is 0 Å². The third-order valence-corrected chi connectivity index (χ3v) is 2.75. The van der Waals surface area contributed by atoms with Gasteiger partial charge in [-0.05, 0) is 29.8 Å². The van der Waals surface area contributed by atoms with E-state index in [0.29, 0.717) is 22.5 Å². The van der Waals surface area contributed by atoms with Crippen LogP contribution in [0, 0.1) is 13.8 Å².